The molecule has 0 saturated heterocycles. The van der Waals surface area contributed by atoms with Gasteiger partial charge < -0.3 is 14.8 Å². The molecular formula is C21H27NO3. The standard InChI is InChI=1S/C21H27NO3/c1-14-6-9-19(10-7-14)24-13-17(4)22-21(23)18(5)25-20-11-8-15(2)12-16(20)3/h6-12,17-18H,13H2,1-5H3,(H,22,23)/t17-,18-/m0/s1. The SMILES string of the molecule is Cc1ccc(OC[C@H](C)NC(=O)[C@H](C)Oc2ccc(C)cc2C)cc1. The summed E-state index contributed by atoms with van der Waals surface area (Å²) in [5.74, 6) is 1.38. The smallest absolute Gasteiger partial charge is 0.261 e. The molecule has 0 fully saturated rings. The van der Waals surface area contributed by atoms with E-state index in [1.165, 1.54) is 11.1 Å². The van der Waals surface area contributed by atoms with Crippen molar-refractivity contribution in [1.82, 2.24) is 5.32 Å². The lowest BCUT2D eigenvalue weighted by Crippen LogP contribution is -2.43. The van der Waals surface area contributed by atoms with E-state index in [4.69, 9.17) is 9.47 Å². The lowest BCUT2D eigenvalue weighted by atomic mass is 10.1. The zero-order valence-corrected chi connectivity index (χ0v) is 15.6. The van der Waals surface area contributed by atoms with Crippen LogP contribution in [-0.2, 0) is 4.79 Å². The molecule has 1 amide bonds. The van der Waals surface area contributed by atoms with Crippen molar-refractivity contribution < 1.29 is 14.3 Å². The van der Waals surface area contributed by atoms with Crippen molar-refractivity contribution in [3.63, 3.8) is 0 Å². The number of rotatable bonds is 7. The highest BCUT2D eigenvalue weighted by Gasteiger charge is 2.18. The minimum Gasteiger partial charge on any atom is -0.491 e. The summed E-state index contributed by atoms with van der Waals surface area (Å²) in [6, 6.07) is 13.7. The van der Waals surface area contributed by atoms with E-state index in [0.717, 1.165) is 17.1 Å². The molecule has 0 aliphatic rings. The molecule has 134 valence electrons. The monoisotopic (exact) mass is 341 g/mol. The molecule has 0 heterocycles. The van der Waals surface area contributed by atoms with Crippen molar-refractivity contribution in [3.05, 3.63) is 59.2 Å². The maximum Gasteiger partial charge on any atom is 0.261 e. The topological polar surface area (TPSA) is 47.6 Å². The van der Waals surface area contributed by atoms with Crippen LogP contribution < -0.4 is 14.8 Å². The minimum absolute atomic E-state index is 0.112. The zero-order chi connectivity index (χ0) is 18.4. The van der Waals surface area contributed by atoms with Gasteiger partial charge in [-0.1, -0.05) is 35.4 Å². The fourth-order valence-electron chi connectivity index (χ4n) is 2.43. The summed E-state index contributed by atoms with van der Waals surface area (Å²) in [6.45, 7) is 10.1. The number of ether oxygens (including phenoxy) is 2. The molecule has 4 heteroatoms. The first kappa shape index (κ1) is 18.8. The summed E-state index contributed by atoms with van der Waals surface area (Å²) < 4.78 is 11.5. The molecule has 2 atom stereocenters. The van der Waals surface area contributed by atoms with E-state index >= 15 is 0 Å². The number of amides is 1. The summed E-state index contributed by atoms with van der Waals surface area (Å²) in [5.41, 5.74) is 3.38. The Morgan fingerprint density at radius 2 is 1.64 bits per heavy atom. The third kappa shape index (κ3) is 5.82. The number of hydrogen-bond acceptors (Lipinski definition) is 3. The second kappa shape index (κ2) is 8.56. The second-order valence-electron chi connectivity index (χ2n) is 6.56. The van der Waals surface area contributed by atoms with Gasteiger partial charge in [0, 0.05) is 0 Å². The first-order valence-corrected chi connectivity index (χ1v) is 8.59. The predicted octanol–water partition coefficient (Wildman–Crippen LogP) is 3.96. The quantitative estimate of drug-likeness (QED) is 0.829. The lowest BCUT2D eigenvalue weighted by molar-refractivity contribution is -0.128. The van der Waals surface area contributed by atoms with Gasteiger partial charge in [-0.15, -0.1) is 0 Å². The Morgan fingerprint density at radius 1 is 1.00 bits per heavy atom. The molecule has 25 heavy (non-hydrogen) atoms. The first-order chi connectivity index (χ1) is 11.8. The normalized spacial score (nSPS) is 13.0. The Kier molecular flexibility index (Phi) is 6.45. The Balaban J connectivity index is 1.82. The summed E-state index contributed by atoms with van der Waals surface area (Å²) in [4.78, 5) is 12.3. The lowest BCUT2D eigenvalue weighted by Gasteiger charge is -2.20. The third-order valence-corrected chi connectivity index (χ3v) is 3.91. The maximum atomic E-state index is 12.3. The van der Waals surface area contributed by atoms with Gasteiger partial charge in [0.05, 0.1) is 6.04 Å². The summed E-state index contributed by atoms with van der Waals surface area (Å²) >= 11 is 0. The molecule has 0 spiro atoms. The van der Waals surface area contributed by atoms with Gasteiger partial charge in [0.25, 0.3) is 5.91 Å². The molecule has 0 saturated carbocycles. The van der Waals surface area contributed by atoms with Crippen LogP contribution in [0.2, 0.25) is 0 Å². The average Bonchev–Trinajstić information content (AvgIpc) is 2.56. The van der Waals surface area contributed by atoms with Crippen molar-refractivity contribution in [1.29, 1.82) is 0 Å². The van der Waals surface area contributed by atoms with Crippen LogP contribution in [0, 0.1) is 20.8 Å². The molecule has 0 bridgehead atoms. The Bertz CT molecular complexity index is 710. The highest BCUT2D eigenvalue weighted by Crippen LogP contribution is 2.20. The predicted molar refractivity (Wildman–Crippen MR) is 100 cm³/mol. The number of carbonyl (C=O) groups excluding carboxylic acids is 1. The average molecular weight is 341 g/mol. The Hall–Kier alpha value is -2.49. The molecule has 0 radical (unpaired) electrons. The van der Waals surface area contributed by atoms with Crippen LogP contribution >= 0.6 is 0 Å². The van der Waals surface area contributed by atoms with Crippen LogP contribution in [0.1, 0.15) is 30.5 Å². The highest BCUT2D eigenvalue weighted by molar-refractivity contribution is 5.81. The molecule has 2 aromatic carbocycles. The van der Waals surface area contributed by atoms with E-state index in [1.54, 1.807) is 6.92 Å². The fraction of sp³-hybridized carbons (Fsp3) is 0.381. The van der Waals surface area contributed by atoms with Crippen molar-refractivity contribution in [2.45, 2.75) is 46.8 Å². The number of benzene rings is 2. The van der Waals surface area contributed by atoms with Crippen LogP contribution in [0.5, 0.6) is 11.5 Å². The minimum atomic E-state index is -0.566. The molecular weight excluding hydrogens is 314 g/mol. The molecule has 1 N–H and O–H groups in total. The van der Waals surface area contributed by atoms with Crippen LogP contribution in [0.3, 0.4) is 0 Å². The van der Waals surface area contributed by atoms with E-state index in [0.29, 0.717) is 6.61 Å². The van der Waals surface area contributed by atoms with Crippen LogP contribution in [0.15, 0.2) is 42.5 Å². The van der Waals surface area contributed by atoms with E-state index in [9.17, 15) is 4.79 Å². The van der Waals surface area contributed by atoms with Crippen LogP contribution in [-0.4, -0.2) is 24.7 Å². The van der Waals surface area contributed by atoms with Crippen molar-refractivity contribution in [2.24, 2.45) is 0 Å². The largest absolute Gasteiger partial charge is 0.491 e. The van der Waals surface area contributed by atoms with E-state index in [1.807, 2.05) is 70.2 Å². The summed E-state index contributed by atoms with van der Waals surface area (Å²) in [5, 5.41) is 2.92. The van der Waals surface area contributed by atoms with Crippen LogP contribution in [0.25, 0.3) is 0 Å². The molecule has 2 aromatic rings. The number of aryl methyl sites for hydroxylation is 3. The van der Waals surface area contributed by atoms with Gasteiger partial charge in [-0.2, -0.15) is 0 Å². The van der Waals surface area contributed by atoms with E-state index in [2.05, 4.69) is 5.32 Å². The molecule has 0 aliphatic carbocycles. The third-order valence-electron chi connectivity index (χ3n) is 3.91. The van der Waals surface area contributed by atoms with Gasteiger partial charge in [-0.25, -0.2) is 0 Å². The molecule has 4 nitrogen and oxygen atoms in total. The summed E-state index contributed by atoms with van der Waals surface area (Å²) in [6.07, 6.45) is -0.566. The fourth-order valence-corrected chi connectivity index (χ4v) is 2.43. The van der Waals surface area contributed by atoms with Gasteiger partial charge in [-0.3, -0.25) is 4.79 Å². The van der Waals surface area contributed by atoms with Crippen LogP contribution in [0.4, 0.5) is 0 Å². The van der Waals surface area contributed by atoms with Crippen molar-refractivity contribution >= 4 is 5.91 Å². The molecule has 0 unspecified atom stereocenters. The first-order valence-electron chi connectivity index (χ1n) is 8.59. The van der Waals surface area contributed by atoms with Gasteiger partial charge in [0.1, 0.15) is 18.1 Å². The Labute approximate surface area is 150 Å². The summed E-state index contributed by atoms with van der Waals surface area (Å²) in [7, 11) is 0. The number of hydrogen-bond donors (Lipinski definition) is 1. The molecule has 2 rings (SSSR count). The second-order valence-corrected chi connectivity index (χ2v) is 6.56. The van der Waals surface area contributed by atoms with Gasteiger partial charge in [-0.05, 0) is 58.4 Å². The molecule has 0 aromatic heterocycles. The van der Waals surface area contributed by atoms with Gasteiger partial charge in [0.2, 0.25) is 0 Å². The van der Waals surface area contributed by atoms with E-state index in [-0.39, 0.29) is 11.9 Å². The van der Waals surface area contributed by atoms with Crippen molar-refractivity contribution in [2.75, 3.05) is 6.61 Å². The Morgan fingerprint density at radius 3 is 2.28 bits per heavy atom. The van der Waals surface area contributed by atoms with Gasteiger partial charge in [0.15, 0.2) is 6.10 Å². The van der Waals surface area contributed by atoms with Gasteiger partial charge >= 0.3 is 0 Å². The van der Waals surface area contributed by atoms with E-state index < -0.39 is 6.10 Å². The maximum absolute atomic E-state index is 12.3. The number of carbonyl (C=O) groups is 1. The number of nitrogens with one attached hydrogen (secondary N) is 1. The molecule has 0 aliphatic heterocycles. The van der Waals surface area contributed by atoms with Crippen molar-refractivity contribution in [3.8, 4) is 11.5 Å². The zero-order valence-electron chi connectivity index (χ0n) is 15.6. The highest BCUT2D eigenvalue weighted by atomic mass is 16.5.